The van der Waals surface area contributed by atoms with Crippen LogP contribution in [-0.2, 0) is 14.3 Å². The van der Waals surface area contributed by atoms with E-state index in [2.05, 4.69) is 39.0 Å². The first-order valence-corrected chi connectivity index (χ1v) is 10.1. The van der Waals surface area contributed by atoms with Gasteiger partial charge in [-0.1, -0.05) is 18.2 Å². The number of rotatable bonds is 6. The lowest BCUT2D eigenvalue weighted by Crippen LogP contribution is -2.37. The Bertz CT molecular complexity index is 1150. The van der Waals surface area contributed by atoms with E-state index in [4.69, 9.17) is 4.74 Å². The van der Waals surface area contributed by atoms with Gasteiger partial charge in [0, 0.05) is 39.4 Å². The number of nitrogens with one attached hydrogen (secondary N) is 3. The Hall–Kier alpha value is -3.23. The number of anilines is 1. The topological polar surface area (TPSA) is 96.1 Å². The van der Waals surface area contributed by atoms with Gasteiger partial charge in [-0.15, -0.1) is 11.3 Å². The maximum Gasteiger partial charge on any atom is 0.313 e. The molecule has 4 aromatic rings. The molecule has 2 aromatic heterocycles. The summed E-state index contributed by atoms with van der Waals surface area (Å²) in [7, 11) is 0. The van der Waals surface area contributed by atoms with Gasteiger partial charge in [-0.2, -0.15) is 5.10 Å². The summed E-state index contributed by atoms with van der Waals surface area (Å²) in [6, 6.07) is 13.9. The molecule has 0 radical (unpaired) electrons. The van der Waals surface area contributed by atoms with E-state index in [0.29, 0.717) is 18.9 Å². The van der Waals surface area contributed by atoms with Crippen molar-refractivity contribution in [2.75, 3.05) is 25.1 Å². The highest BCUT2D eigenvalue weighted by Gasteiger charge is 2.16. The van der Waals surface area contributed by atoms with Crippen molar-refractivity contribution in [1.82, 2.24) is 15.5 Å². The molecule has 29 heavy (non-hydrogen) atoms. The fraction of sp³-hybridized carbons (Fsp3) is 0.190. The van der Waals surface area contributed by atoms with Crippen LogP contribution < -0.4 is 10.6 Å². The van der Waals surface area contributed by atoms with E-state index >= 15 is 0 Å². The van der Waals surface area contributed by atoms with E-state index in [1.165, 1.54) is 4.70 Å². The number of thiophene rings is 1. The van der Waals surface area contributed by atoms with E-state index in [0.717, 1.165) is 26.7 Å². The standard InChI is InChI=1S/C21H20N4O3S/c1-2-28-8-7-22-20(26)21(27)24-15-9-14-12-23-25-19(14)16(11-15)18-10-13-5-3-4-6-17(13)29-18/h3-6,9-12H,2,7-8H2,1H3,(H,22,26)(H,23,25)(H,24,27). The van der Waals surface area contributed by atoms with Crippen molar-refractivity contribution in [3.8, 4) is 10.4 Å². The predicted molar refractivity (Wildman–Crippen MR) is 115 cm³/mol. The highest BCUT2D eigenvalue weighted by molar-refractivity contribution is 7.22. The number of hydrogen-bond donors (Lipinski definition) is 3. The van der Waals surface area contributed by atoms with Crippen LogP contribution >= 0.6 is 11.3 Å². The van der Waals surface area contributed by atoms with Crippen LogP contribution in [0.1, 0.15) is 6.92 Å². The molecule has 0 saturated carbocycles. The molecule has 8 heteroatoms. The average Bonchev–Trinajstić information content (AvgIpc) is 3.37. The molecule has 0 aliphatic carbocycles. The molecule has 0 unspecified atom stereocenters. The molecule has 2 amide bonds. The van der Waals surface area contributed by atoms with E-state index in [1.54, 1.807) is 23.6 Å². The third-order valence-electron chi connectivity index (χ3n) is 4.44. The summed E-state index contributed by atoms with van der Waals surface area (Å²) < 4.78 is 6.33. The number of carbonyl (C=O) groups is 2. The summed E-state index contributed by atoms with van der Waals surface area (Å²) in [4.78, 5) is 25.3. The molecule has 0 saturated heterocycles. The number of aromatic nitrogens is 2. The van der Waals surface area contributed by atoms with Crippen molar-refractivity contribution >= 4 is 49.8 Å². The summed E-state index contributed by atoms with van der Waals surface area (Å²) in [5, 5.41) is 14.4. The highest BCUT2D eigenvalue weighted by atomic mass is 32.1. The van der Waals surface area contributed by atoms with E-state index in [-0.39, 0.29) is 6.54 Å². The van der Waals surface area contributed by atoms with Gasteiger partial charge in [0.25, 0.3) is 0 Å². The first kappa shape index (κ1) is 19.1. The maximum atomic E-state index is 12.3. The second-order valence-corrected chi connectivity index (χ2v) is 7.50. The molecule has 0 spiro atoms. The van der Waals surface area contributed by atoms with Crippen molar-refractivity contribution in [3.05, 3.63) is 48.7 Å². The van der Waals surface area contributed by atoms with Crippen LogP contribution in [0.2, 0.25) is 0 Å². The molecule has 0 atom stereocenters. The fourth-order valence-corrected chi connectivity index (χ4v) is 4.17. The lowest BCUT2D eigenvalue weighted by Gasteiger charge is -2.09. The van der Waals surface area contributed by atoms with Gasteiger partial charge in [0.15, 0.2) is 0 Å². The van der Waals surface area contributed by atoms with Gasteiger partial charge in [-0.25, -0.2) is 0 Å². The second-order valence-electron chi connectivity index (χ2n) is 6.41. The zero-order chi connectivity index (χ0) is 20.2. The number of aromatic amines is 1. The summed E-state index contributed by atoms with van der Waals surface area (Å²) in [6.45, 7) is 3.09. The smallest absolute Gasteiger partial charge is 0.313 e. The number of amides is 2. The van der Waals surface area contributed by atoms with Crippen LogP contribution in [0.4, 0.5) is 5.69 Å². The highest BCUT2D eigenvalue weighted by Crippen LogP contribution is 2.38. The number of H-pyrrole nitrogens is 1. The largest absolute Gasteiger partial charge is 0.380 e. The first-order chi connectivity index (χ1) is 14.2. The molecular formula is C21H20N4O3S. The van der Waals surface area contributed by atoms with Gasteiger partial charge < -0.3 is 15.4 Å². The quantitative estimate of drug-likeness (QED) is 0.336. The van der Waals surface area contributed by atoms with Crippen LogP contribution in [0.15, 0.2) is 48.7 Å². The van der Waals surface area contributed by atoms with Gasteiger partial charge in [0.1, 0.15) is 0 Å². The van der Waals surface area contributed by atoms with Gasteiger partial charge in [0.2, 0.25) is 0 Å². The average molecular weight is 408 g/mol. The van der Waals surface area contributed by atoms with Crippen molar-refractivity contribution in [1.29, 1.82) is 0 Å². The summed E-state index contributed by atoms with van der Waals surface area (Å²) in [5.74, 6) is -1.41. The third-order valence-corrected chi connectivity index (χ3v) is 5.59. The monoisotopic (exact) mass is 408 g/mol. The normalized spacial score (nSPS) is 11.1. The first-order valence-electron chi connectivity index (χ1n) is 9.28. The number of hydrogen-bond acceptors (Lipinski definition) is 5. The molecule has 3 N–H and O–H groups in total. The lowest BCUT2D eigenvalue weighted by molar-refractivity contribution is -0.136. The van der Waals surface area contributed by atoms with Crippen LogP contribution in [0.3, 0.4) is 0 Å². The Labute approximate surface area is 171 Å². The second kappa shape index (κ2) is 8.42. The molecule has 0 fully saturated rings. The molecule has 2 heterocycles. The zero-order valence-corrected chi connectivity index (χ0v) is 16.6. The number of ether oxygens (including phenoxy) is 1. The Morgan fingerprint density at radius 3 is 2.83 bits per heavy atom. The van der Waals surface area contributed by atoms with Crippen LogP contribution in [0, 0.1) is 0 Å². The summed E-state index contributed by atoms with van der Waals surface area (Å²) in [5.41, 5.74) is 2.35. The molecule has 7 nitrogen and oxygen atoms in total. The van der Waals surface area contributed by atoms with E-state index < -0.39 is 11.8 Å². The molecule has 4 rings (SSSR count). The molecule has 0 aliphatic heterocycles. The lowest BCUT2D eigenvalue weighted by atomic mass is 10.1. The van der Waals surface area contributed by atoms with Crippen molar-refractivity contribution in [3.63, 3.8) is 0 Å². The molecule has 148 valence electrons. The third kappa shape index (κ3) is 4.13. The van der Waals surface area contributed by atoms with E-state index in [9.17, 15) is 9.59 Å². The van der Waals surface area contributed by atoms with Crippen LogP contribution in [0.5, 0.6) is 0 Å². The van der Waals surface area contributed by atoms with Crippen molar-refractivity contribution < 1.29 is 14.3 Å². The molecule has 0 bridgehead atoms. The minimum Gasteiger partial charge on any atom is -0.380 e. The fourth-order valence-electron chi connectivity index (χ4n) is 3.09. The Balaban J connectivity index is 1.59. The zero-order valence-electron chi connectivity index (χ0n) is 15.8. The number of fused-ring (bicyclic) bond motifs is 2. The summed E-state index contributed by atoms with van der Waals surface area (Å²) >= 11 is 1.66. The Morgan fingerprint density at radius 1 is 1.14 bits per heavy atom. The van der Waals surface area contributed by atoms with Gasteiger partial charge >= 0.3 is 11.8 Å². The number of benzene rings is 2. The Morgan fingerprint density at radius 2 is 2.00 bits per heavy atom. The molecule has 0 aliphatic rings. The van der Waals surface area contributed by atoms with Gasteiger partial charge in [-0.3, -0.25) is 14.7 Å². The maximum absolute atomic E-state index is 12.3. The van der Waals surface area contributed by atoms with Crippen LogP contribution in [-0.4, -0.2) is 41.8 Å². The predicted octanol–water partition coefficient (Wildman–Crippen LogP) is 3.54. The minimum absolute atomic E-state index is 0.286. The molecule has 2 aromatic carbocycles. The van der Waals surface area contributed by atoms with E-state index in [1.807, 2.05) is 25.1 Å². The van der Waals surface area contributed by atoms with Crippen molar-refractivity contribution in [2.24, 2.45) is 0 Å². The SMILES string of the molecule is CCOCCNC(=O)C(=O)Nc1cc(-c2cc3ccccc3s2)c2[nH]ncc2c1. The number of nitrogens with zero attached hydrogens (tertiary/aromatic N) is 1. The Kier molecular flexibility index (Phi) is 5.55. The van der Waals surface area contributed by atoms with Crippen LogP contribution in [0.25, 0.3) is 31.4 Å². The summed E-state index contributed by atoms with van der Waals surface area (Å²) in [6.07, 6.45) is 1.70. The number of carbonyl (C=O) groups excluding carboxylic acids is 2. The molecular weight excluding hydrogens is 388 g/mol. The van der Waals surface area contributed by atoms with Gasteiger partial charge in [0.05, 0.1) is 18.3 Å². The van der Waals surface area contributed by atoms with Crippen molar-refractivity contribution in [2.45, 2.75) is 6.92 Å². The van der Waals surface area contributed by atoms with Gasteiger partial charge in [-0.05, 0) is 36.6 Å². The minimum atomic E-state index is -0.716.